The van der Waals surface area contributed by atoms with Gasteiger partial charge < -0.3 is 5.73 Å². The maximum Gasteiger partial charge on any atom is 0.108 e. The molecule has 0 aliphatic heterocycles. The van der Waals surface area contributed by atoms with Gasteiger partial charge in [0.15, 0.2) is 0 Å². The van der Waals surface area contributed by atoms with Gasteiger partial charge in [0.1, 0.15) is 5.01 Å². The van der Waals surface area contributed by atoms with Gasteiger partial charge in [0, 0.05) is 12.6 Å². The summed E-state index contributed by atoms with van der Waals surface area (Å²) in [4.78, 5) is 7.72. The monoisotopic (exact) mass is 305 g/mol. The van der Waals surface area contributed by atoms with Crippen LogP contribution in [0.5, 0.6) is 0 Å². The highest BCUT2D eigenvalue weighted by atomic mass is 32.1. The molecule has 3 rings (SSSR count). The minimum absolute atomic E-state index is 0.581. The molecule has 0 bridgehead atoms. The van der Waals surface area contributed by atoms with E-state index in [0.29, 0.717) is 17.6 Å². The predicted octanol–water partition coefficient (Wildman–Crippen LogP) is 3.33. The van der Waals surface area contributed by atoms with Crippen molar-refractivity contribution in [3.8, 4) is 0 Å². The van der Waals surface area contributed by atoms with Gasteiger partial charge in [-0.3, -0.25) is 4.90 Å². The van der Waals surface area contributed by atoms with Crippen LogP contribution in [0.15, 0.2) is 24.3 Å². The largest absolute Gasteiger partial charge is 0.392 e. The molecule has 1 aromatic carbocycles. The van der Waals surface area contributed by atoms with E-state index >= 15 is 0 Å². The molecule has 106 valence electrons. The van der Waals surface area contributed by atoms with E-state index in [1.165, 1.54) is 30.4 Å². The number of benzene rings is 1. The van der Waals surface area contributed by atoms with E-state index < -0.39 is 0 Å². The number of hydrogen-bond acceptors (Lipinski definition) is 4. The summed E-state index contributed by atoms with van der Waals surface area (Å²) >= 11 is 6.88. The minimum atomic E-state index is 0.581. The summed E-state index contributed by atoms with van der Waals surface area (Å²) in [5.41, 5.74) is 6.85. The Bertz CT molecular complexity index is 569. The first-order valence-corrected chi connectivity index (χ1v) is 8.31. The molecule has 1 aromatic heterocycles. The third-order valence-electron chi connectivity index (χ3n) is 3.88. The van der Waals surface area contributed by atoms with E-state index in [1.807, 2.05) is 6.07 Å². The maximum atomic E-state index is 5.76. The van der Waals surface area contributed by atoms with Crippen LogP contribution in [0, 0.1) is 0 Å². The molecular weight excluding hydrogens is 286 g/mol. The van der Waals surface area contributed by atoms with Crippen LogP contribution < -0.4 is 5.73 Å². The average molecular weight is 305 g/mol. The number of thiocarbonyl (C=S) groups is 1. The number of thiazole rings is 1. The lowest BCUT2D eigenvalue weighted by molar-refractivity contribution is 0.218. The van der Waals surface area contributed by atoms with Crippen molar-refractivity contribution >= 4 is 38.8 Å². The van der Waals surface area contributed by atoms with Crippen molar-refractivity contribution in [2.24, 2.45) is 5.73 Å². The van der Waals surface area contributed by atoms with Crippen molar-refractivity contribution < 1.29 is 0 Å². The minimum Gasteiger partial charge on any atom is -0.392 e. The smallest absolute Gasteiger partial charge is 0.108 e. The molecule has 0 saturated heterocycles. The quantitative estimate of drug-likeness (QED) is 0.861. The van der Waals surface area contributed by atoms with Gasteiger partial charge >= 0.3 is 0 Å². The summed E-state index contributed by atoms with van der Waals surface area (Å²) in [6.07, 6.45) is 5.15. The predicted molar refractivity (Wildman–Crippen MR) is 89.1 cm³/mol. The van der Waals surface area contributed by atoms with Gasteiger partial charge in [-0.25, -0.2) is 4.98 Å². The summed E-state index contributed by atoms with van der Waals surface area (Å²) in [7, 11) is 0. The van der Waals surface area contributed by atoms with E-state index in [1.54, 1.807) is 11.3 Å². The Labute approximate surface area is 128 Å². The molecule has 1 aliphatic carbocycles. The van der Waals surface area contributed by atoms with Gasteiger partial charge in [-0.05, 0) is 25.0 Å². The molecule has 2 aromatic rings. The normalized spacial score (nSPS) is 16.2. The molecular formula is C15H19N3S2. The first-order chi connectivity index (χ1) is 9.72. The molecule has 1 aliphatic rings. The van der Waals surface area contributed by atoms with Gasteiger partial charge in [-0.1, -0.05) is 37.2 Å². The molecule has 5 heteroatoms. The van der Waals surface area contributed by atoms with E-state index in [9.17, 15) is 0 Å². The van der Waals surface area contributed by atoms with Crippen LogP contribution in [0.4, 0.5) is 0 Å². The Hall–Kier alpha value is -1.04. The fourth-order valence-corrected chi connectivity index (χ4v) is 4.10. The Balaban J connectivity index is 1.78. The lowest BCUT2D eigenvalue weighted by atomic mass is 10.2. The highest BCUT2D eigenvalue weighted by Gasteiger charge is 2.24. The zero-order valence-electron chi connectivity index (χ0n) is 11.4. The van der Waals surface area contributed by atoms with E-state index in [4.69, 9.17) is 22.9 Å². The van der Waals surface area contributed by atoms with Crippen LogP contribution in [0.3, 0.4) is 0 Å². The second-order valence-corrected chi connectivity index (χ2v) is 7.02. The molecule has 0 amide bonds. The lowest BCUT2D eigenvalue weighted by Gasteiger charge is -2.27. The van der Waals surface area contributed by atoms with Crippen LogP contribution in [-0.4, -0.2) is 27.5 Å². The first kappa shape index (κ1) is 13.9. The van der Waals surface area contributed by atoms with Crippen LogP contribution in [0.1, 0.15) is 30.7 Å². The maximum absolute atomic E-state index is 5.76. The van der Waals surface area contributed by atoms with Crippen molar-refractivity contribution in [1.29, 1.82) is 0 Å². The topological polar surface area (TPSA) is 42.1 Å². The van der Waals surface area contributed by atoms with Crippen LogP contribution in [0.2, 0.25) is 0 Å². The van der Waals surface area contributed by atoms with Gasteiger partial charge in [0.25, 0.3) is 0 Å². The Kier molecular flexibility index (Phi) is 4.29. The molecule has 2 N–H and O–H groups in total. The molecule has 0 radical (unpaired) electrons. The molecule has 3 nitrogen and oxygen atoms in total. The fourth-order valence-electron chi connectivity index (χ4n) is 2.94. The van der Waals surface area contributed by atoms with Crippen molar-refractivity contribution in [2.75, 3.05) is 6.54 Å². The average Bonchev–Trinajstić information content (AvgIpc) is 3.06. The van der Waals surface area contributed by atoms with Crippen molar-refractivity contribution in [2.45, 2.75) is 38.3 Å². The molecule has 1 heterocycles. The summed E-state index contributed by atoms with van der Waals surface area (Å²) in [6.45, 7) is 1.57. The third kappa shape index (κ3) is 3.16. The zero-order chi connectivity index (χ0) is 13.9. The number of nitrogens with zero attached hydrogens (tertiary/aromatic N) is 2. The van der Waals surface area contributed by atoms with Gasteiger partial charge in [-0.2, -0.15) is 0 Å². The van der Waals surface area contributed by atoms with E-state index in [2.05, 4.69) is 23.1 Å². The molecule has 1 fully saturated rings. The molecule has 0 unspecified atom stereocenters. The number of fused-ring (bicyclic) bond motifs is 1. The van der Waals surface area contributed by atoms with E-state index in [-0.39, 0.29) is 0 Å². The molecule has 0 atom stereocenters. The van der Waals surface area contributed by atoms with Gasteiger partial charge in [0.2, 0.25) is 0 Å². The highest BCUT2D eigenvalue weighted by molar-refractivity contribution is 7.80. The summed E-state index contributed by atoms with van der Waals surface area (Å²) in [5.74, 6) is 0. The fraction of sp³-hybridized carbons (Fsp3) is 0.467. The van der Waals surface area contributed by atoms with Crippen LogP contribution in [-0.2, 0) is 6.54 Å². The van der Waals surface area contributed by atoms with Crippen molar-refractivity contribution in [1.82, 2.24) is 9.88 Å². The van der Waals surface area contributed by atoms with Gasteiger partial charge in [0.05, 0.1) is 21.7 Å². The number of rotatable bonds is 5. The van der Waals surface area contributed by atoms with Crippen LogP contribution in [0.25, 0.3) is 10.2 Å². The summed E-state index contributed by atoms with van der Waals surface area (Å²) < 4.78 is 1.25. The zero-order valence-corrected chi connectivity index (χ0v) is 13.1. The Morgan fingerprint density at radius 1 is 1.35 bits per heavy atom. The highest BCUT2D eigenvalue weighted by Crippen LogP contribution is 2.27. The standard InChI is InChI=1S/C15H19N3S2/c16-14(19)9-18(11-5-1-2-6-11)10-15-17-12-7-3-4-8-13(12)20-15/h3-4,7-8,11H,1-2,5-6,9-10H2,(H2,16,19). The van der Waals surface area contributed by atoms with Crippen LogP contribution >= 0.6 is 23.6 Å². The van der Waals surface area contributed by atoms with Gasteiger partial charge in [-0.15, -0.1) is 11.3 Å². The first-order valence-electron chi connectivity index (χ1n) is 7.09. The number of aromatic nitrogens is 1. The molecule has 0 spiro atoms. The second-order valence-electron chi connectivity index (χ2n) is 5.38. The SMILES string of the molecule is NC(=S)CN(Cc1nc2ccccc2s1)C1CCCC1. The molecule has 1 saturated carbocycles. The number of hydrogen-bond donors (Lipinski definition) is 1. The summed E-state index contributed by atoms with van der Waals surface area (Å²) in [6, 6.07) is 8.92. The summed E-state index contributed by atoms with van der Waals surface area (Å²) in [5, 5.41) is 1.16. The van der Waals surface area contributed by atoms with Crippen molar-refractivity contribution in [3.63, 3.8) is 0 Å². The van der Waals surface area contributed by atoms with Crippen molar-refractivity contribution in [3.05, 3.63) is 29.3 Å². The third-order valence-corrected chi connectivity index (χ3v) is 5.03. The number of nitrogens with two attached hydrogens (primary N) is 1. The molecule has 20 heavy (non-hydrogen) atoms. The Morgan fingerprint density at radius 3 is 2.80 bits per heavy atom. The Morgan fingerprint density at radius 2 is 2.10 bits per heavy atom. The number of para-hydroxylation sites is 1. The van der Waals surface area contributed by atoms with E-state index in [0.717, 1.165) is 17.1 Å². The second kappa shape index (κ2) is 6.16. The lowest BCUT2D eigenvalue weighted by Crippen LogP contribution is -2.38.